The topological polar surface area (TPSA) is 12.4 Å². The number of hydrogen-bond acceptors (Lipinski definition) is 2. The molecule has 0 aliphatic heterocycles. The molecule has 1 nitrogen and oxygen atoms in total. The Hall–Kier alpha value is -3.04. The molecule has 116 valence electrons. The van der Waals surface area contributed by atoms with Crippen LogP contribution in [-0.4, -0.2) is 5.16 Å². The van der Waals surface area contributed by atoms with Crippen molar-refractivity contribution in [2.45, 2.75) is 6.42 Å². The van der Waals surface area contributed by atoms with Gasteiger partial charge in [0.1, 0.15) is 11.6 Å². The van der Waals surface area contributed by atoms with Gasteiger partial charge in [-0.3, -0.25) is 0 Å². The first-order valence-electron chi connectivity index (χ1n) is 6.93. The van der Waals surface area contributed by atoms with Crippen LogP contribution >= 0.6 is 12.2 Å². The van der Waals surface area contributed by atoms with E-state index in [1.807, 2.05) is 17.3 Å². The molecule has 24 heavy (non-hydrogen) atoms. The minimum absolute atomic E-state index is 0.151. The molecule has 2 aromatic rings. The molecular formula is C20H11F2NS. The average Bonchev–Trinajstić information content (AvgIpc) is 2.56. The van der Waals surface area contributed by atoms with E-state index in [9.17, 15) is 8.78 Å². The smallest absolute Gasteiger partial charge is 0.143 e. The molecule has 0 fully saturated rings. The molecule has 0 aliphatic rings. The predicted molar refractivity (Wildman–Crippen MR) is 94.6 cm³/mol. The van der Waals surface area contributed by atoms with Crippen LogP contribution in [0.5, 0.6) is 0 Å². The van der Waals surface area contributed by atoms with E-state index in [2.05, 4.69) is 47.6 Å². The summed E-state index contributed by atoms with van der Waals surface area (Å²) >= 11 is 4.35. The summed E-state index contributed by atoms with van der Waals surface area (Å²) in [6.07, 6.45) is 2.56. The van der Waals surface area contributed by atoms with E-state index in [-0.39, 0.29) is 11.1 Å². The standard InChI is InChI=1S/C20H11F2NS/c1-2-3-15-4-6-16(7-5-15)8-9-18-19(21)12-17(13-20(18)22)10-11-23-14-24/h2,4-7,12-13H,1,3H2. The van der Waals surface area contributed by atoms with Crippen molar-refractivity contribution in [3.63, 3.8) is 0 Å². The summed E-state index contributed by atoms with van der Waals surface area (Å²) < 4.78 is 28.0. The van der Waals surface area contributed by atoms with E-state index in [4.69, 9.17) is 0 Å². The van der Waals surface area contributed by atoms with Crippen molar-refractivity contribution in [2.24, 2.45) is 4.99 Å². The highest BCUT2D eigenvalue weighted by molar-refractivity contribution is 7.78. The van der Waals surface area contributed by atoms with E-state index >= 15 is 0 Å². The summed E-state index contributed by atoms with van der Waals surface area (Å²) in [4.78, 5) is 3.37. The summed E-state index contributed by atoms with van der Waals surface area (Å²) in [5.74, 6) is 6.18. The first-order chi connectivity index (χ1) is 11.6. The van der Waals surface area contributed by atoms with Gasteiger partial charge in [0.15, 0.2) is 0 Å². The van der Waals surface area contributed by atoms with Gasteiger partial charge in [0.25, 0.3) is 0 Å². The van der Waals surface area contributed by atoms with Crippen LogP contribution in [0, 0.1) is 35.4 Å². The van der Waals surface area contributed by atoms with Crippen LogP contribution in [0.2, 0.25) is 0 Å². The van der Waals surface area contributed by atoms with Gasteiger partial charge in [-0.1, -0.05) is 30.0 Å². The zero-order chi connectivity index (χ0) is 17.4. The van der Waals surface area contributed by atoms with Crippen LogP contribution in [0.1, 0.15) is 22.3 Å². The summed E-state index contributed by atoms with van der Waals surface area (Å²) in [6.45, 7) is 3.67. The average molecular weight is 335 g/mol. The highest BCUT2D eigenvalue weighted by Crippen LogP contribution is 2.14. The molecule has 2 aromatic carbocycles. The lowest BCUT2D eigenvalue weighted by atomic mass is 10.1. The molecule has 0 amide bonds. The molecule has 0 N–H and O–H groups in total. The molecule has 0 aliphatic carbocycles. The number of thiocarbonyl (C=S) groups is 1. The Kier molecular flexibility index (Phi) is 6.17. The van der Waals surface area contributed by atoms with Crippen molar-refractivity contribution in [2.75, 3.05) is 0 Å². The zero-order valence-corrected chi connectivity index (χ0v) is 13.4. The summed E-state index contributed by atoms with van der Waals surface area (Å²) in [7, 11) is 0. The predicted octanol–water partition coefficient (Wildman–Crippen LogP) is 4.50. The molecule has 0 spiro atoms. The van der Waals surface area contributed by atoms with Gasteiger partial charge in [0, 0.05) is 11.1 Å². The van der Waals surface area contributed by atoms with Crippen LogP contribution in [0.25, 0.3) is 0 Å². The monoisotopic (exact) mass is 335 g/mol. The second-order valence-electron chi connectivity index (χ2n) is 4.69. The maximum absolute atomic E-state index is 14.0. The number of allylic oxidation sites excluding steroid dienone is 1. The largest absolute Gasteiger partial charge is 0.205 e. The Morgan fingerprint density at radius 1 is 1.00 bits per heavy atom. The van der Waals surface area contributed by atoms with E-state index < -0.39 is 11.6 Å². The Balaban J connectivity index is 2.29. The SMILES string of the molecule is C=CCc1ccc(C#Cc2c(F)cc(C#CN=C=S)cc2F)cc1. The third-order valence-corrected chi connectivity index (χ3v) is 3.10. The Bertz CT molecular complexity index is 909. The zero-order valence-electron chi connectivity index (χ0n) is 12.6. The maximum Gasteiger partial charge on any atom is 0.143 e. The highest BCUT2D eigenvalue weighted by atomic mass is 32.1. The van der Waals surface area contributed by atoms with E-state index in [1.54, 1.807) is 18.2 Å². The van der Waals surface area contributed by atoms with Crippen molar-refractivity contribution in [1.29, 1.82) is 0 Å². The lowest BCUT2D eigenvalue weighted by molar-refractivity contribution is 0.577. The van der Waals surface area contributed by atoms with Gasteiger partial charge in [-0.15, -0.1) is 11.6 Å². The van der Waals surface area contributed by atoms with Crippen LogP contribution in [0.15, 0.2) is 54.0 Å². The van der Waals surface area contributed by atoms with Crippen molar-refractivity contribution >= 4 is 17.4 Å². The number of hydrogen-bond donors (Lipinski definition) is 0. The van der Waals surface area contributed by atoms with Crippen molar-refractivity contribution in [3.8, 4) is 23.8 Å². The first-order valence-corrected chi connectivity index (χ1v) is 7.33. The molecule has 0 atom stereocenters. The second kappa shape index (κ2) is 8.56. The van der Waals surface area contributed by atoms with E-state index in [0.717, 1.165) is 24.1 Å². The molecule has 0 heterocycles. The third-order valence-electron chi connectivity index (χ3n) is 3.01. The fourth-order valence-corrected chi connectivity index (χ4v) is 1.95. The van der Waals surface area contributed by atoms with Crippen LogP contribution in [-0.2, 0) is 6.42 Å². The number of benzene rings is 2. The van der Waals surface area contributed by atoms with Crippen LogP contribution in [0.3, 0.4) is 0 Å². The Morgan fingerprint density at radius 2 is 1.67 bits per heavy atom. The second-order valence-corrected chi connectivity index (χ2v) is 4.88. The van der Waals surface area contributed by atoms with E-state index in [0.29, 0.717) is 5.56 Å². The van der Waals surface area contributed by atoms with Crippen molar-refractivity contribution in [1.82, 2.24) is 0 Å². The number of aliphatic imine (C=N–C) groups is 1. The molecule has 0 saturated carbocycles. The molecule has 0 saturated heterocycles. The number of halogens is 2. The summed E-state index contributed by atoms with van der Waals surface area (Å²) in [6, 6.07) is 11.9. The fraction of sp³-hybridized carbons (Fsp3) is 0.0500. The quantitative estimate of drug-likeness (QED) is 0.341. The molecule has 0 radical (unpaired) electrons. The van der Waals surface area contributed by atoms with Crippen molar-refractivity contribution in [3.05, 3.63) is 82.9 Å². The minimum Gasteiger partial charge on any atom is -0.205 e. The first kappa shape index (κ1) is 17.3. The van der Waals surface area contributed by atoms with E-state index in [1.165, 1.54) is 0 Å². The summed E-state index contributed by atoms with van der Waals surface area (Å²) in [5, 5.41) is 2.05. The Morgan fingerprint density at radius 3 is 2.25 bits per heavy atom. The van der Waals surface area contributed by atoms with Gasteiger partial charge < -0.3 is 0 Å². The summed E-state index contributed by atoms with van der Waals surface area (Å²) in [5.41, 5.74) is 1.61. The fourth-order valence-electron chi connectivity index (χ4n) is 1.91. The number of isothiocyanates is 1. The van der Waals surface area contributed by atoms with Gasteiger partial charge in [-0.05, 0) is 54.4 Å². The van der Waals surface area contributed by atoms with Crippen LogP contribution in [0.4, 0.5) is 8.78 Å². The lowest BCUT2D eigenvalue weighted by Gasteiger charge is -1.99. The molecule has 4 heteroatoms. The Labute approximate surface area is 144 Å². The molecule has 2 rings (SSSR count). The molecular weight excluding hydrogens is 324 g/mol. The number of nitrogens with zero attached hydrogens (tertiary/aromatic N) is 1. The van der Waals surface area contributed by atoms with Crippen LogP contribution < -0.4 is 0 Å². The minimum atomic E-state index is -0.776. The molecule has 0 bridgehead atoms. The van der Waals surface area contributed by atoms with Gasteiger partial charge in [-0.25, -0.2) is 8.78 Å². The maximum atomic E-state index is 14.0. The van der Waals surface area contributed by atoms with Crippen molar-refractivity contribution < 1.29 is 8.78 Å². The number of rotatable bonds is 2. The lowest BCUT2D eigenvalue weighted by Crippen LogP contribution is -1.92. The molecule has 0 aromatic heterocycles. The third kappa shape index (κ3) is 4.73. The van der Waals surface area contributed by atoms with Gasteiger partial charge in [-0.2, -0.15) is 0 Å². The van der Waals surface area contributed by atoms with Gasteiger partial charge in [0.05, 0.1) is 16.8 Å². The molecule has 0 unspecified atom stereocenters. The van der Waals surface area contributed by atoms with Gasteiger partial charge in [0.2, 0.25) is 0 Å². The highest BCUT2D eigenvalue weighted by Gasteiger charge is 2.08. The normalized spacial score (nSPS) is 8.92. The van der Waals surface area contributed by atoms with Gasteiger partial charge >= 0.3 is 0 Å².